The van der Waals surface area contributed by atoms with Crippen molar-refractivity contribution in [3.63, 3.8) is 0 Å². The minimum Gasteiger partial charge on any atom is -0.444 e. The highest BCUT2D eigenvalue weighted by Crippen LogP contribution is 2.21. The Balaban J connectivity index is 1.75. The van der Waals surface area contributed by atoms with E-state index >= 15 is 0 Å². The zero-order chi connectivity index (χ0) is 17.6. The number of ether oxygens (including phenoxy) is 1. The van der Waals surface area contributed by atoms with Gasteiger partial charge >= 0.3 is 6.09 Å². The molecule has 1 aliphatic heterocycles. The van der Waals surface area contributed by atoms with Gasteiger partial charge in [0.05, 0.1) is 0 Å². The molecule has 24 heavy (non-hydrogen) atoms. The fraction of sp³-hybridized carbons (Fsp3) is 0.611. The van der Waals surface area contributed by atoms with Crippen molar-refractivity contribution >= 4 is 12.0 Å². The van der Waals surface area contributed by atoms with Gasteiger partial charge in [-0.25, -0.2) is 4.79 Å². The van der Waals surface area contributed by atoms with Crippen LogP contribution >= 0.6 is 0 Å². The van der Waals surface area contributed by atoms with Crippen LogP contribution in [0.1, 0.15) is 50.4 Å². The second kappa shape index (κ2) is 8.13. The minimum absolute atomic E-state index is 0.0859. The largest absolute Gasteiger partial charge is 0.444 e. The summed E-state index contributed by atoms with van der Waals surface area (Å²) in [6.07, 6.45) is 5.87. The summed E-state index contributed by atoms with van der Waals surface area (Å²) in [5.74, 6) is 0.307. The number of nitrogens with zero attached hydrogens (tertiary/aromatic N) is 2. The maximum Gasteiger partial charge on any atom is 0.410 e. The Morgan fingerprint density at radius 1 is 1.33 bits per heavy atom. The van der Waals surface area contributed by atoms with Gasteiger partial charge in [0, 0.05) is 37.6 Å². The molecular weight excluding hydrogens is 306 g/mol. The molecule has 6 heteroatoms. The van der Waals surface area contributed by atoms with Crippen molar-refractivity contribution in [3.8, 4) is 0 Å². The van der Waals surface area contributed by atoms with Crippen molar-refractivity contribution in [2.24, 2.45) is 5.92 Å². The SMILES string of the molecule is CC(C)(C)OC(=O)N1CCC[C@H](CCNC(=O)c2ccncc2)C1. The molecule has 0 saturated carbocycles. The second-order valence-electron chi connectivity index (χ2n) is 7.22. The maximum atomic E-state index is 12.2. The summed E-state index contributed by atoms with van der Waals surface area (Å²) < 4.78 is 5.44. The predicted molar refractivity (Wildman–Crippen MR) is 91.7 cm³/mol. The highest BCUT2D eigenvalue weighted by atomic mass is 16.6. The number of carbonyl (C=O) groups excluding carboxylic acids is 2. The molecule has 1 N–H and O–H groups in total. The number of piperidine rings is 1. The molecule has 0 spiro atoms. The third-order valence-electron chi connectivity index (χ3n) is 3.95. The van der Waals surface area contributed by atoms with Gasteiger partial charge in [0.15, 0.2) is 0 Å². The molecule has 0 aromatic carbocycles. The lowest BCUT2D eigenvalue weighted by atomic mass is 9.95. The Morgan fingerprint density at radius 2 is 2.04 bits per heavy atom. The van der Waals surface area contributed by atoms with Gasteiger partial charge in [-0.2, -0.15) is 0 Å². The number of nitrogens with one attached hydrogen (secondary N) is 1. The average Bonchev–Trinajstić information content (AvgIpc) is 2.54. The van der Waals surface area contributed by atoms with Gasteiger partial charge in [-0.15, -0.1) is 0 Å². The number of rotatable bonds is 4. The van der Waals surface area contributed by atoms with Crippen LogP contribution in [0.25, 0.3) is 0 Å². The summed E-state index contributed by atoms with van der Waals surface area (Å²) in [5, 5.41) is 2.93. The lowest BCUT2D eigenvalue weighted by Gasteiger charge is -2.34. The molecular formula is C18H27N3O3. The normalized spacial score (nSPS) is 18.1. The first-order valence-electron chi connectivity index (χ1n) is 8.51. The Bertz CT molecular complexity index is 554. The zero-order valence-electron chi connectivity index (χ0n) is 14.7. The van der Waals surface area contributed by atoms with E-state index in [4.69, 9.17) is 4.74 Å². The third kappa shape index (κ3) is 5.83. The van der Waals surface area contributed by atoms with Crippen LogP contribution in [0.4, 0.5) is 4.79 Å². The zero-order valence-corrected chi connectivity index (χ0v) is 14.7. The number of likely N-dealkylation sites (tertiary alicyclic amines) is 1. The number of hydrogen-bond donors (Lipinski definition) is 1. The molecule has 2 amide bonds. The molecule has 1 saturated heterocycles. The Hall–Kier alpha value is -2.11. The van der Waals surface area contributed by atoms with E-state index in [-0.39, 0.29) is 12.0 Å². The highest BCUT2D eigenvalue weighted by Gasteiger charge is 2.27. The monoisotopic (exact) mass is 333 g/mol. The molecule has 6 nitrogen and oxygen atoms in total. The van der Waals surface area contributed by atoms with Crippen molar-refractivity contribution in [1.82, 2.24) is 15.2 Å². The molecule has 1 atom stereocenters. The van der Waals surface area contributed by atoms with Gasteiger partial charge in [-0.3, -0.25) is 9.78 Å². The smallest absolute Gasteiger partial charge is 0.410 e. The molecule has 0 bridgehead atoms. The van der Waals surface area contributed by atoms with Gasteiger partial charge in [-0.1, -0.05) is 0 Å². The van der Waals surface area contributed by atoms with Crippen molar-refractivity contribution < 1.29 is 14.3 Å². The van der Waals surface area contributed by atoms with Crippen LogP contribution in [0.3, 0.4) is 0 Å². The second-order valence-corrected chi connectivity index (χ2v) is 7.22. The van der Waals surface area contributed by atoms with Crippen LogP contribution in [0.2, 0.25) is 0 Å². The number of carbonyl (C=O) groups is 2. The van der Waals surface area contributed by atoms with Crippen LogP contribution < -0.4 is 5.32 Å². The summed E-state index contributed by atoms with van der Waals surface area (Å²) >= 11 is 0. The van der Waals surface area contributed by atoms with Crippen LogP contribution in [-0.4, -0.2) is 47.1 Å². The van der Waals surface area contributed by atoms with Gasteiger partial charge in [0.2, 0.25) is 0 Å². The first-order chi connectivity index (χ1) is 11.3. The van der Waals surface area contributed by atoms with Crippen molar-refractivity contribution in [1.29, 1.82) is 0 Å². The predicted octanol–water partition coefficient (Wildman–Crippen LogP) is 2.85. The molecule has 132 valence electrons. The van der Waals surface area contributed by atoms with Crippen molar-refractivity contribution in [3.05, 3.63) is 30.1 Å². The first-order valence-corrected chi connectivity index (χ1v) is 8.51. The molecule has 0 unspecified atom stereocenters. The maximum absolute atomic E-state index is 12.2. The van der Waals surface area contributed by atoms with E-state index in [1.165, 1.54) is 0 Å². The van der Waals surface area contributed by atoms with Gasteiger partial charge in [-0.05, 0) is 58.1 Å². The Labute approximate surface area is 143 Å². The molecule has 1 aromatic heterocycles. The van der Waals surface area contributed by atoms with E-state index in [0.717, 1.165) is 25.8 Å². The molecule has 1 fully saturated rings. The topological polar surface area (TPSA) is 71.5 Å². The summed E-state index contributed by atoms with van der Waals surface area (Å²) in [7, 11) is 0. The van der Waals surface area contributed by atoms with Crippen molar-refractivity contribution in [2.45, 2.75) is 45.6 Å². The first kappa shape index (κ1) is 18.2. The van der Waals surface area contributed by atoms with E-state index in [9.17, 15) is 9.59 Å². The molecule has 0 aliphatic carbocycles. The fourth-order valence-electron chi connectivity index (χ4n) is 2.79. The summed E-state index contributed by atoms with van der Waals surface area (Å²) in [4.78, 5) is 29.8. The fourth-order valence-corrected chi connectivity index (χ4v) is 2.79. The van der Waals surface area contributed by atoms with Crippen LogP contribution in [-0.2, 0) is 4.74 Å². The van der Waals surface area contributed by atoms with Gasteiger partial charge in [0.25, 0.3) is 5.91 Å². The Kier molecular flexibility index (Phi) is 6.17. The lowest BCUT2D eigenvalue weighted by Crippen LogP contribution is -2.43. The third-order valence-corrected chi connectivity index (χ3v) is 3.95. The molecule has 1 aliphatic rings. The van der Waals surface area contributed by atoms with E-state index in [2.05, 4.69) is 10.3 Å². The molecule has 2 heterocycles. The summed E-state index contributed by atoms with van der Waals surface area (Å²) in [5.41, 5.74) is 0.145. The van der Waals surface area contributed by atoms with E-state index in [0.29, 0.717) is 24.6 Å². The minimum atomic E-state index is -0.470. The quantitative estimate of drug-likeness (QED) is 0.920. The van der Waals surface area contributed by atoms with E-state index in [1.807, 2.05) is 20.8 Å². The Morgan fingerprint density at radius 3 is 2.71 bits per heavy atom. The molecule has 1 aromatic rings. The van der Waals surface area contributed by atoms with Gasteiger partial charge < -0.3 is 15.0 Å². The van der Waals surface area contributed by atoms with Crippen molar-refractivity contribution in [2.75, 3.05) is 19.6 Å². The average molecular weight is 333 g/mol. The van der Waals surface area contributed by atoms with Crippen LogP contribution in [0.15, 0.2) is 24.5 Å². The standard InChI is InChI=1S/C18H27N3O3/c1-18(2,3)24-17(23)21-12-4-5-14(13-21)6-11-20-16(22)15-7-9-19-10-8-15/h7-10,14H,4-6,11-13H2,1-3H3,(H,20,22)/t14-/m1/s1. The van der Waals surface area contributed by atoms with Crippen LogP contribution in [0.5, 0.6) is 0 Å². The molecule has 2 rings (SSSR count). The number of aromatic nitrogens is 1. The number of amides is 2. The number of pyridine rings is 1. The summed E-state index contributed by atoms with van der Waals surface area (Å²) in [6, 6.07) is 3.39. The van der Waals surface area contributed by atoms with Crippen LogP contribution in [0, 0.1) is 5.92 Å². The summed E-state index contributed by atoms with van der Waals surface area (Å²) in [6.45, 7) is 7.67. The lowest BCUT2D eigenvalue weighted by molar-refractivity contribution is 0.0161. The number of hydrogen-bond acceptors (Lipinski definition) is 4. The van der Waals surface area contributed by atoms with Gasteiger partial charge in [0.1, 0.15) is 5.60 Å². The van der Waals surface area contributed by atoms with E-state index < -0.39 is 5.60 Å². The highest BCUT2D eigenvalue weighted by molar-refractivity contribution is 5.93. The van der Waals surface area contributed by atoms with E-state index in [1.54, 1.807) is 29.4 Å². The molecule has 0 radical (unpaired) electrons.